The topological polar surface area (TPSA) is 49.8 Å². The van der Waals surface area contributed by atoms with Gasteiger partial charge in [0, 0.05) is 18.5 Å². The lowest BCUT2D eigenvalue weighted by atomic mass is 10.3. The predicted octanol–water partition coefficient (Wildman–Crippen LogP) is 3.38. The van der Waals surface area contributed by atoms with Gasteiger partial charge in [0.2, 0.25) is 0 Å². The van der Waals surface area contributed by atoms with Crippen molar-refractivity contribution in [2.24, 2.45) is 4.99 Å². The summed E-state index contributed by atoms with van der Waals surface area (Å²) >= 11 is 1.67. The number of aromatic nitrogens is 1. The number of hydrogen-bond acceptors (Lipinski definition) is 4. The van der Waals surface area contributed by atoms with Gasteiger partial charge in [-0.3, -0.25) is 0 Å². The summed E-state index contributed by atoms with van der Waals surface area (Å²) in [6, 6.07) is 6.42. The fourth-order valence-electron chi connectivity index (χ4n) is 2.30. The number of rotatable bonds is 7. The van der Waals surface area contributed by atoms with E-state index in [9.17, 15) is 4.39 Å². The summed E-state index contributed by atoms with van der Waals surface area (Å²) in [7, 11) is 1.94. The minimum absolute atomic E-state index is 0.272. The number of halogens is 1. The number of aliphatic imine (C=N–C) groups is 1. The summed E-state index contributed by atoms with van der Waals surface area (Å²) in [5.41, 5.74) is 1.03. The predicted molar refractivity (Wildman–Crippen MR) is 101 cm³/mol. The fraction of sp³-hybridized carbons (Fsp3) is 0.444. The number of benzene rings is 1. The maximum absolute atomic E-state index is 13.6. The molecular formula is C18H25FN4OS. The van der Waals surface area contributed by atoms with Crippen LogP contribution >= 0.6 is 11.3 Å². The molecule has 0 bridgehead atoms. The molecule has 1 aromatic carbocycles. The zero-order valence-corrected chi connectivity index (χ0v) is 16.0. The first-order valence-electron chi connectivity index (χ1n) is 8.31. The number of para-hydroxylation sites is 1. The van der Waals surface area contributed by atoms with E-state index in [0.29, 0.717) is 19.7 Å². The molecule has 0 aliphatic heterocycles. The Kier molecular flexibility index (Phi) is 7.18. The molecule has 0 aliphatic rings. The average Bonchev–Trinajstić information content (AvgIpc) is 2.90. The molecule has 1 N–H and O–H groups in total. The first-order chi connectivity index (χ1) is 12.0. The minimum atomic E-state index is -0.346. The molecule has 0 amide bonds. The molecular weight excluding hydrogens is 339 g/mol. The van der Waals surface area contributed by atoms with Gasteiger partial charge in [0.1, 0.15) is 6.61 Å². The molecule has 0 spiro atoms. The lowest BCUT2D eigenvalue weighted by Crippen LogP contribution is -2.40. The van der Waals surface area contributed by atoms with Gasteiger partial charge in [-0.1, -0.05) is 12.1 Å². The summed E-state index contributed by atoms with van der Waals surface area (Å²) in [4.78, 5) is 12.3. The molecule has 2 aromatic rings. The second kappa shape index (κ2) is 9.36. The lowest BCUT2D eigenvalue weighted by molar-refractivity contribution is 0.270. The van der Waals surface area contributed by atoms with Crippen molar-refractivity contribution in [1.82, 2.24) is 15.2 Å². The van der Waals surface area contributed by atoms with Crippen LogP contribution in [0.3, 0.4) is 0 Å². The van der Waals surface area contributed by atoms with Crippen molar-refractivity contribution in [2.75, 3.05) is 26.7 Å². The van der Waals surface area contributed by atoms with Crippen molar-refractivity contribution >= 4 is 17.3 Å². The Hall–Kier alpha value is -2.15. The summed E-state index contributed by atoms with van der Waals surface area (Å²) in [5.74, 6) is 0.723. The third kappa shape index (κ3) is 5.70. The number of thiazole rings is 1. The van der Waals surface area contributed by atoms with E-state index in [2.05, 4.69) is 15.3 Å². The highest BCUT2D eigenvalue weighted by Crippen LogP contribution is 2.18. The van der Waals surface area contributed by atoms with E-state index in [1.54, 1.807) is 29.5 Å². The number of ether oxygens (including phenoxy) is 1. The van der Waals surface area contributed by atoms with Crippen LogP contribution in [0.25, 0.3) is 0 Å². The molecule has 2 rings (SSSR count). The second-order valence-corrected chi connectivity index (χ2v) is 6.90. The van der Waals surface area contributed by atoms with Gasteiger partial charge >= 0.3 is 0 Å². The quantitative estimate of drug-likeness (QED) is 0.604. The van der Waals surface area contributed by atoms with E-state index in [1.165, 1.54) is 10.9 Å². The van der Waals surface area contributed by atoms with Gasteiger partial charge in [-0.25, -0.2) is 14.4 Å². The molecule has 0 atom stereocenters. The Morgan fingerprint density at radius 2 is 2.12 bits per heavy atom. The molecule has 0 radical (unpaired) electrons. The van der Waals surface area contributed by atoms with Crippen LogP contribution in [0.15, 0.2) is 29.3 Å². The molecule has 0 saturated carbocycles. The zero-order chi connectivity index (χ0) is 18.2. The number of hydrogen-bond donors (Lipinski definition) is 1. The van der Waals surface area contributed by atoms with Gasteiger partial charge < -0.3 is 15.0 Å². The minimum Gasteiger partial charge on any atom is -0.489 e. The van der Waals surface area contributed by atoms with Crippen molar-refractivity contribution in [3.63, 3.8) is 0 Å². The highest BCUT2D eigenvalue weighted by atomic mass is 32.1. The number of nitrogens with zero attached hydrogens (tertiary/aromatic N) is 3. The van der Waals surface area contributed by atoms with Gasteiger partial charge in [-0.15, -0.1) is 11.3 Å². The Bertz CT molecular complexity index is 717. The molecule has 7 heteroatoms. The van der Waals surface area contributed by atoms with Crippen molar-refractivity contribution in [3.05, 3.63) is 45.7 Å². The lowest BCUT2D eigenvalue weighted by Gasteiger charge is -2.22. The van der Waals surface area contributed by atoms with Crippen LogP contribution in [0.5, 0.6) is 5.75 Å². The molecule has 0 aliphatic carbocycles. The fourth-order valence-corrected chi connectivity index (χ4v) is 3.16. The highest BCUT2D eigenvalue weighted by Gasteiger charge is 2.09. The number of aryl methyl sites for hydroxylation is 2. The van der Waals surface area contributed by atoms with Crippen molar-refractivity contribution in [2.45, 2.75) is 27.3 Å². The van der Waals surface area contributed by atoms with Crippen LogP contribution in [-0.2, 0) is 6.54 Å². The molecule has 136 valence electrons. The number of guanidine groups is 1. The van der Waals surface area contributed by atoms with Crippen LogP contribution in [0.1, 0.15) is 22.5 Å². The molecule has 0 unspecified atom stereocenters. The molecule has 0 fully saturated rings. The largest absolute Gasteiger partial charge is 0.489 e. The second-order valence-electron chi connectivity index (χ2n) is 5.61. The monoisotopic (exact) mass is 364 g/mol. The maximum atomic E-state index is 13.6. The zero-order valence-electron chi connectivity index (χ0n) is 15.2. The van der Waals surface area contributed by atoms with E-state index in [1.807, 2.05) is 32.7 Å². The van der Waals surface area contributed by atoms with Crippen LogP contribution in [0.4, 0.5) is 4.39 Å². The smallest absolute Gasteiger partial charge is 0.194 e. The summed E-state index contributed by atoms with van der Waals surface area (Å²) in [6.07, 6.45) is 0. The van der Waals surface area contributed by atoms with E-state index in [-0.39, 0.29) is 11.6 Å². The summed E-state index contributed by atoms with van der Waals surface area (Å²) in [5, 5.41) is 4.32. The van der Waals surface area contributed by atoms with Crippen LogP contribution < -0.4 is 10.1 Å². The third-order valence-electron chi connectivity index (χ3n) is 3.59. The first kappa shape index (κ1) is 19.2. The maximum Gasteiger partial charge on any atom is 0.194 e. The van der Waals surface area contributed by atoms with Crippen molar-refractivity contribution in [3.8, 4) is 5.75 Å². The molecule has 25 heavy (non-hydrogen) atoms. The van der Waals surface area contributed by atoms with Gasteiger partial charge in [0.25, 0.3) is 0 Å². The molecule has 5 nitrogen and oxygen atoms in total. The van der Waals surface area contributed by atoms with E-state index >= 15 is 0 Å². The number of likely N-dealkylation sites (N-methyl/N-ethyl adjacent to an activating group) is 1. The Morgan fingerprint density at radius 1 is 1.36 bits per heavy atom. The van der Waals surface area contributed by atoms with Gasteiger partial charge in [0.15, 0.2) is 17.5 Å². The van der Waals surface area contributed by atoms with Gasteiger partial charge in [0.05, 0.1) is 23.8 Å². The Labute approximate surface area is 152 Å². The molecule has 0 saturated heterocycles. The van der Waals surface area contributed by atoms with Crippen LogP contribution in [0.2, 0.25) is 0 Å². The van der Waals surface area contributed by atoms with E-state index in [0.717, 1.165) is 23.2 Å². The Morgan fingerprint density at radius 3 is 2.76 bits per heavy atom. The van der Waals surface area contributed by atoms with Crippen molar-refractivity contribution < 1.29 is 9.13 Å². The first-order valence-corrected chi connectivity index (χ1v) is 9.12. The van der Waals surface area contributed by atoms with Gasteiger partial charge in [-0.2, -0.15) is 0 Å². The van der Waals surface area contributed by atoms with E-state index in [4.69, 9.17) is 4.74 Å². The standard InChI is InChI=1S/C18H25FN4OS/c1-5-20-18(21-12-17-13(2)22-14(3)25-17)23(4)10-11-24-16-9-7-6-8-15(16)19/h6-9H,5,10-12H2,1-4H3,(H,20,21). The number of nitrogens with one attached hydrogen (secondary N) is 1. The van der Waals surface area contributed by atoms with E-state index < -0.39 is 0 Å². The van der Waals surface area contributed by atoms with Crippen LogP contribution in [-0.4, -0.2) is 42.6 Å². The molecule has 1 aromatic heterocycles. The SMILES string of the molecule is CCNC(=NCc1sc(C)nc1C)N(C)CCOc1ccccc1F. The van der Waals surface area contributed by atoms with Crippen LogP contribution in [0, 0.1) is 19.7 Å². The highest BCUT2D eigenvalue weighted by molar-refractivity contribution is 7.11. The summed E-state index contributed by atoms with van der Waals surface area (Å²) < 4.78 is 19.1. The third-order valence-corrected chi connectivity index (χ3v) is 4.65. The average molecular weight is 364 g/mol. The van der Waals surface area contributed by atoms with Crippen molar-refractivity contribution in [1.29, 1.82) is 0 Å². The molecule has 1 heterocycles. The Balaban J connectivity index is 1.92. The van der Waals surface area contributed by atoms with Gasteiger partial charge in [-0.05, 0) is 32.9 Å². The summed E-state index contributed by atoms with van der Waals surface area (Å²) in [6.45, 7) is 8.38. The normalized spacial score (nSPS) is 11.5.